The summed E-state index contributed by atoms with van der Waals surface area (Å²) in [5.74, 6) is -2.36. The minimum absolute atomic E-state index is 0.128. The van der Waals surface area contributed by atoms with Gasteiger partial charge in [0.25, 0.3) is 0 Å². The highest BCUT2D eigenvalue weighted by atomic mass is 16.7. The quantitative estimate of drug-likeness (QED) is 0.0195. The number of hydrogen-bond acceptors (Lipinski definition) is 8. The van der Waals surface area contributed by atoms with Crippen LogP contribution in [0.4, 0.5) is 0 Å². The second-order valence-corrected chi connectivity index (χ2v) is 25.5. The van der Waals surface area contributed by atoms with Crippen LogP contribution in [0.3, 0.4) is 0 Å². The molecule has 9 nitrogen and oxygen atoms in total. The zero-order valence-electron chi connectivity index (χ0n) is 62.7. The molecule has 99 heavy (non-hydrogen) atoms. The number of ether oxygens (including phenoxy) is 4. The molecule has 0 radical (unpaired) electrons. The van der Waals surface area contributed by atoms with E-state index in [1.807, 2.05) is 21.1 Å². The summed E-state index contributed by atoms with van der Waals surface area (Å²) < 4.78 is 22.8. The molecule has 0 N–H and O–H groups in total. The average Bonchev–Trinajstić information content (AvgIpc) is 1.14. The molecule has 0 aromatic heterocycles. The van der Waals surface area contributed by atoms with Gasteiger partial charge >= 0.3 is 11.9 Å². The summed E-state index contributed by atoms with van der Waals surface area (Å²) in [5, 5.41) is 11.9. The predicted octanol–water partition coefficient (Wildman–Crippen LogP) is 23.5. The van der Waals surface area contributed by atoms with E-state index < -0.39 is 30.3 Å². The first kappa shape index (κ1) is 92.1. The molecule has 0 saturated heterocycles. The van der Waals surface area contributed by atoms with Crippen LogP contribution in [-0.2, 0) is 33.3 Å². The molecule has 0 fully saturated rings. The van der Waals surface area contributed by atoms with Crippen molar-refractivity contribution in [3.63, 3.8) is 0 Å². The van der Waals surface area contributed by atoms with Crippen LogP contribution in [0.15, 0.2) is 243 Å². The number of unbranched alkanes of at least 4 members (excludes halogenated alkanes) is 12. The third-order valence-electron chi connectivity index (χ3n) is 15.1. The smallest absolute Gasteiger partial charge is 0.306 e. The Balaban J connectivity index is 4.26. The Morgan fingerprint density at radius 1 is 0.303 bits per heavy atom. The van der Waals surface area contributed by atoms with Crippen LogP contribution in [0, 0.1) is 0 Å². The van der Waals surface area contributed by atoms with Crippen molar-refractivity contribution >= 4 is 17.9 Å². The first-order valence-electron chi connectivity index (χ1n) is 38.2. The molecule has 0 aliphatic heterocycles. The van der Waals surface area contributed by atoms with E-state index in [9.17, 15) is 19.5 Å². The van der Waals surface area contributed by atoms with Gasteiger partial charge in [-0.1, -0.05) is 308 Å². The van der Waals surface area contributed by atoms with Crippen molar-refractivity contribution in [3.8, 4) is 0 Å². The summed E-state index contributed by atoms with van der Waals surface area (Å²) in [7, 11) is 5.90. The zero-order valence-corrected chi connectivity index (χ0v) is 62.7. The summed E-state index contributed by atoms with van der Waals surface area (Å²) in [5.41, 5.74) is 0. The SMILES string of the molecule is CC/C=C\C/C=C\C/C=C\C/C=C\C/C=C\C/C=C\C/C=C\C/C=C\C/C=C\C/C=C\CCCCCCCCCCC(=O)OC(COC(=O)CCCCCC/C=C\C/C=C\C/C=C\C/C=C\C/C=C\C/C=C\C/C=C\C/C=C\C/C=C\C/C=C\CC)COC(OCC[N+](C)(C)C)C(=O)[O-]. The Bertz CT molecular complexity index is 2540. The highest BCUT2D eigenvalue weighted by molar-refractivity contribution is 5.70. The average molecular weight is 1360 g/mol. The molecule has 0 heterocycles. The molecule has 550 valence electrons. The molecule has 0 aromatic carbocycles. The fourth-order valence-corrected chi connectivity index (χ4v) is 9.36. The van der Waals surface area contributed by atoms with Gasteiger partial charge in [0.1, 0.15) is 13.2 Å². The molecular formula is C90H137NO8. The molecule has 0 aliphatic rings. The van der Waals surface area contributed by atoms with E-state index in [1.165, 1.54) is 25.7 Å². The van der Waals surface area contributed by atoms with Gasteiger partial charge in [-0.15, -0.1) is 0 Å². The van der Waals surface area contributed by atoms with E-state index >= 15 is 0 Å². The number of carboxylic acid groups (broad SMARTS) is 1. The molecule has 0 amide bonds. The number of aliphatic carboxylic acids is 1. The summed E-state index contributed by atoms with van der Waals surface area (Å²) >= 11 is 0. The van der Waals surface area contributed by atoms with Crippen molar-refractivity contribution in [3.05, 3.63) is 243 Å². The van der Waals surface area contributed by atoms with E-state index in [0.717, 1.165) is 180 Å². The van der Waals surface area contributed by atoms with Gasteiger partial charge < -0.3 is 33.3 Å². The Labute approximate surface area is 605 Å². The number of esters is 2. The van der Waals surface area contributed by atoms with E-state index in [4.69, 9.17) is 18.9 Å². The van der Waals surface area contributed by atoms with Crippen molar-refractivity contribution in [1.29, 1.82) is 0 Å². The second-order valence-electron chi connectivity index (χ2n) is 25.5. The standard InChI is InChI=1S/C90H137NO8/c1-6-8-10-12-14-16-18-20-22-24-26-28-30-32-34-36-38-40-42-43-44-45-47-49-51-53-55-57-59-61-63-65-67-69-71-73-75-77-79-81-88(93)99-86(85-98-90(89(94)95)96-83-82-91(3,4)5)84-97-87(92)80-78-76-74-72-70-68-66-64-62-60-58-56-54-52-50-48-46-41-39-37-35-33-31-29-27-25-23-21-19-17-15-13-11-9-7-2/h8-11,14-17,20-23,26-29,32-35,38-41,43-44,47-50,53-56,59-62,66,68,86,90H,6-7,12-13,18-19,24-25,30-31,36-37,42,45-46,51-52,57-58,63-65,67,69-85H2,1-5H3/b10-8-,11-9-,16-14-,17-15-,22-20-,23-21-,28-26-,29-27-,34-32-,35-33-,40-38-,41-39-,44-43-,49-47-,50-48-,55-53-,56-54-,61-59-,62-60-,68-66-. The van der Waals surface area contributed by atoms with Gasteiger partial charge in [0.2, 0.25) is 0 Å². The molecule has 0 saturated carbocycles. The lowest BCUT2D eigenvalue weighted by atomic mass is 10.1. The van der Waals surface area contributed by atoms with Crippen LogP contribution in [0.25, 0.3) is 0 Å². The van der Waals surface area contributed by atoms with E-state index in [1.54, 1.807) is 0 Å². The Hall–Kier alpha value is -6.91. The maximum atomic E-state index is 13.0. The number of carbonyl (C=O) groups excluding carboxylic acids is 3. The van der Waals surface area contributed by atoms with Crippen LogP contribution in [0.2, 0.25) is 0 Å². The lowest BCUT2D eigenvalue weighted by molar-refractivity contribution is -0.870. The fraction of sp³-hybridized carbons (Fsp3) is 0.522. The topological polar surface area (TPSA) is 111 Å². The number of allylic oxidation sites excluding steroid dienone is 40. The molecule has 0 rings (SSSR count). The molecule has 0 bridgehead atoms. The van der Waals surface area contributed by atoms with Crippen LogP contribution in [0.5, 0.6) is 0 Å². The Kier molecular flexibility index (Phi) is 71.5. The second kappa shape index (κ2) is 76.8. The third kappa shape index (κ3) is 78.3. The first-order valence-corrected chi connectivity index (χ1v) is 38.2. The van der Waals surface area contributed by atoms with Gasteiger partial charge in [-0.3, -0.25) is 9.59 Å². The Morgan fingerprint density at radius 2 is 0.545 bits per heavy atom. The maximum Gasteiger partial charge on any atom is 0.306 e. The normalized spacial score (nSPS) is 14.1. The van der Waals surface area contributed by atoms with Crippen molar-refractivity contribution in [2.45, 2.75) is 257 Å². The molecule has 0 aromatic rings. The molecule has 0 aliphatic carbocycles. The van der Waals surface area contributed by atoms with Crippen molar-refractivity contribution < 1.29 is 42.9 Å². The highest BCUT2D eigenvalue weighted by Crippen LogP contribution is 2.14. The van der Waals surface area contributed by atoms with Gasteiger partial charge in [0.15, 0.2) is 12.4 Å². The molecule has 2 atom stereocenters. The fourth-order valence-electron chi connectivity index (χ4n) is 9.36. The number of nitrogens with zero attached hydrogens (tertiary/aromatic N) is 1. The predicted molar refractivity (Wildman–Crippen MR) is 425 cm³/mol. The van der Waals surface area contributed by atoms with Crippen LogP contribution in [-0.4, -0.2) is 82.3 Å². The molecule has 9 heteroatoms. The summed E-state index contributed by atoms with van der Waals surface area (Å²) in [6, 6.07) is 0. The van der Waals surface area contributed by atoms with Crippen LogP contribution < -0.4 is 5.11 Å². The van der Waals surface area contributed by atoms with Crippen LogP contribution in [0.1, 0.15) is 245 Å². The number of carbonyl (C=O) groups is 3. The molecular weight excluding hydrogens is 1220 g/mol. The first-order chi connectivity index (χ1) is 48.6. The monoisotopic (exact) mass is 1360 g/mol. The van der Waals surface area contributed by atoms with Gasteiger partial charge in [-0.2, -0.15) is 0 Å². The lowest BCUT2D eigenvalue weighted by Crippen LogP contribution is -2.44. The molecule has 2 unspecified atom stereocenters. The Morgan fingerprint density at radius 3 is 0.808 bits per heavy atom. The van der Waals surface area contributed by atoms with E-state index in [-0.39, 0.29) is 32.7 Å². The van der Waals surface area contributed by atoms with E-state index in [0.29, 0.717) is 23.9 Å². The van der Waals surface area contributed by atoms with Crippen molar-refractivity contribution in [2.75, 3.05) is 47.5 Å². The van der Waals surface area contributed by atoms with E-state index in [2.05, 4.69) is 257 Å². The van der Waals surface area contributed by atoms with Crippen molar-refractivity contribution in [2.24, 2.45) is 0 Å². The number of rotatable bonds is 67. The number of carboxylic acids is 1. The highest BCUT2D eigenvalue weighted by Gasteiger charge is 2.22. The minimum Gasteiger partial charge on any atom is -0.545 e. The number of likely N-dealkylation sites (N-methyl/N-ethyl adjacent to an activating group) is 1. The number of hydrogen-bond donors (Lipinski definition) is 0. The maximum absolute atomic E-state index is 13.0. The summed E-state index contributed by atoms with van der Waals surface area (Å²) in [4.78, 5) is 37.6. The van der Waals surface area contributed by atoms with Gasteiger partial charge in [0, 0.05) is 12.8 Å². The zero-order chi connectivity index (χ0) is 71.8. The van der Waals surface area contributed by atoms with Gasteiger partial charge in [0.05, 0.1) is 40.3 Å². The van der Waals surface area contributed by atoms with Gasteiger partial charge in [-0.25, -0.2) is 0 Å². The summed E-state index contributed by atoms with van der Waals surface area (Å²) in [6.07, 6.45) is 121. The third-order valence-corrected chi connectivity index (χ3v) is 15.1. The number of quaternary nitrogens is 1. The van der Waals surface area contributed by atoms with Crippen LogP contribution >= 0.6 is 0 Å². The largest absolute Gasteiger partial charge is 0.545 e. The van der Waals surface area contributed by atoms with Gasteiger partial charge in [-0.05, 0) is 167 Å². The minimum atomic E-state index is -1.65. The molecule has 0 spiro atoms. The summed E-state index contributed by atoms with van der Waals surface area (Å²) in [6.45, 7) is 4.45. The van der Waals surface area contributed by atoms with Crippen molar-refractivity contribution in [1.82, 2.24) is 0 Å². The lowest BCUT2D eigenvalue weighted by Gasteiger charge is -2.26.